The summed E-state index contributed by atoms with van der Waals surface area (Å²) in [6.07, 6.45) is 69.3. The lowest BCUT2D eigenvalue weighted by molar-refractivity contribution is -0.154. The molecule has 10 nitrogen and oxygen atoms in total. The Balaban J connectivity index is 4.14. The molecule has 0 bridgehead atoms. The zero-order valence-corrected chi connectivity index (χ0v) is 44.8. The van der Waals surface area contributed by atoms with Crippen LogP contribution in [0, 0.1) is 0 Å². The monoisotopic (exact) mass is 988 g/mol. The van der Waals surface area contributed by atoms with Crippen LogP contribution >= 0.6 is 7.82 Å². The van der Waals surface area contributed by atoms with Gasteiger partial charge in [0.05, 0.1) is 19.8 Å². The van der Waals surface area contributed by atoms with Crippen LogP contribution in [-0.4, -0.2) is 60.5 Å². The lowest BCUT2D eigenvalue weighted by Crippen LogP contribution is -2.34. The fourth-order valence-corrected chi connectivity index (χ4v) is 8.20. The minimum atomic E-state index is -4.63. The van der Waals surface area contributed by atoms with Gasteiger partial charge >= 0.3 is 19.8 Å². The van der Waals surface area contributed by atoms with Crippen LogP contribution < -0.4 is 5.73 Å². The standard InChI is InChI=1S/C58H102NO9P/c1-3-5-7-9-11-13-15-17-19-21-23-25-27-29-31-33-35-37-39-41-43-45-47-49-51-65-52-55(53-66-69(63,64)67-54-56(59)58(61)62)68-57(60)50-48-46-44-42-40-38-36-34-32-30-28-26-24-22-20-18-16-14-12-10-8-6-4-2/h6,8,12,14-15,17-18,20-21,23-24,26,30,32,55-56H,3-5,7,9-11,13,16,19,22,25,27-29,31,33-54,59H2,1-2H3,(H,61,62)(H,63,64)/b8-6-,14-12-,17-15-,20-18-,23-21-,26-24-,32-30-. The summed E-state index contributed by atoms with van der Waals surface area (Å²) in [7, 11) is -4.63. The zero-order chi connectivity index (χ0) is 50.4. The Kier molecular flexibility index (Phi) is 50.8. The van der Waals surface area contributed by atoms with Crippen LogP contribution in [-0.2, 0) is 32.7 Å². The number of aliphatic carboxylic acids is 1. The molecule has 0 amide bonds. The number of carbonyl (C=O) groups excluding carboxylic acids is 1. The summed E-state index contributed by atoms with van der Waals surface area (Å²) in [6.45, 7) is 3.76. The van der Waals surface area contributed by atoms with E-state index in [2.05, 4.69) is 98.9 Å². The van der Waals surface area contributed by atoms with Crippen molar-refractivity contribution in [2.75, 3.05) is 26.4 Å². The Morgan fingerprint density at radius 1 is 0.478 bits per heavy atom. The Morgan fingerprint density at radius 2 is 0.841 bits per heavy atom. The molecule has 0 radical (unpaired) electrons. The number of esters is 1. The molecule has 0 aromatic rings. The summed E-state index contributed by atoms with van der Waals surface area (Å²) in [5.74, 6) is -1.79. The molecule has 69 heavy (non-hydrogen) atoms. The number of unbranched alkanes of at least 4 members (excludes halogenated alkanes) is 24. The van der Waals surface area contributed by atoms with E-state index < -0.39 is 45.1 Å². The summed E-state index contributed by atoms with van der Waals surface area (Å²) in [5, 5.41) is 8.95. The maximum absolute atomic E-state index is 12.7. The fourth-order valence-electron chi connectivity index (χ4n) is 7.43. The van der Waals surface area contributed by atoms with E-state index in [1.165, 1.54) is 122 Å². The van der Waals surface area contributed by atoms with Gasteiger partial charge in [-0.2, -0.15) is 0 Å². The second-order valence-electron chi connectivity index (χ2n) is 18.3. The highest BCUT2D eigenvalue weighted by atomic mass is 31.2. The lowest BCUT2D eigenvalue weighted by Gasteiger charge is -2.20. The molecule has 0 saturated carbocycles. The van der Waals surface area contributed by atoms with Gasteiger partial charge in [0.25, 0.3) is 0 Å². The van der Waals surface area contributed by atoms with Gasteiger partial charge in [0.15, 0.2) is 0 Å². The van der Waals surface area contributed by atoms with Crippen molar-refractivity contribution in [2.45, 2.75) is 244 Å². The van der Waals surface area contributed by atoms with Crippen molar-refractivity contribution in [2.24, 2.45) is 5.73 Å². The first-order valence-electron chi connectivity index (χ1n) is 27.6. The van der Waals surface area contributed by atoms with Crippen LogP contribution in [0.2, 0.25) is 0 Å². The molecular formula is C58H102NO9P. The van der Waals surface area contributed by atoms with Gasteiger partial charge in [-0.15, -0.1) is 0 Å². The summed E-state index contributed by atoms with van der Waals surface area (Å²) < 4.78 is 33.6. The molecule has 3 unspecified atom stereocenters. The van der Waals surface area contributed by atoms with Crippen LogP contribution in [0.15, 0.2) is 85.1 Å². The molecule has 0 rings (SSSR count). The number of carboxylic acids is 1. The average molecular weight is 988 g/mol. The summed E-state index contributed by atoms with van der Waals surface area (Å²) in [6, 6.07) is -1.48. The molecule has 0 aliphatic carbocycles. The Hall–Kier alpha value is -2.85. The molecule has 0 aliphatic heterocycles. The molecule has 0 heterocycles. The minimum absolute atomic E-state index is 0.00760. The summed E-state index contributed by atoms with van der Waals surface area (Å²) in [5.41, 5.74) is 5.38. The lowest BCUT2D eigenvalue weighted by atomic mass is 10.0. The summed E-state index contributed by atoms with van der Waals surface area (Å²) in [4.78, 5) is 33.8. The first-order chi connectivity index (χ1) is 33.7. The number of carbonyl (C=O) groups is 2. The number of nitrogens with two attached hydrogens (primary N) is 1. The number of allylic oxidation sites excluding steroid dienone is 14. The van der Waals surface area contributed by atoms with E-state index >= 15 is 0 Å². The Morgan fingerprint density at radius 3 is 1.26 bits per heavy atom. The van der Waals surface area contributed by atoms with Crippen molar-refractivity contribution < 1.29 is 42.7 Å². The van der Waals surface area contributed by atoms with Crippen molar-refractivity contribution >= 4 is 19.8 Å². The smallest absolute Gasteiger partial charge is 0.472 e. The van der Waals surface area contributed by atoms with E-state index in [1.54, 1.807) is 0 Å². The molecular weight excluding hydrogens is 886 g/mol. The first kappa shape index (κ1) is 66.2. The largest absolute Gasteiger partial charge is 0.480 e. The molecule has 0 spiro atoms. The molecule has 398 valence electrons. The molecule has 0 aromatic heterocycles. The third-order valence-corrected chi connectivity index (χ3v) is 12.6. The predicted octanol–water partition coefficient (Wildman–Crippen LogP) is 16.7. The number of hydrogen-bond donors (Lipinski definition) is 3. The number of rotatable bonds is 52. The second kappa shape index (κ2) is 53.0. The number of carboxylic acid groups (broad SMARTS) is 1. The van der Waals surface area contributed by atoms with Gasteiger partial charge in [0, 0.05) is 13.0 Å². The number of hydrogen-bond acceptors (Lipinski definition) is 8. The van der Waals surface area contributed by atoms with E-state index in [4.69, 9.17) is 29.4 Å². The van der Waals surface area contributed by atoms with Gasteiger partial charge in [-0.25, -0.2) is 4.57 Å². The van der Waals surface area contributed by atoms with Crippen LogP contribution in [0.1, 0.15) is 232 Å². The Labute approximate surface area is 422 Å². The van der Waals surface area contributed by atoms with Crippen molar-refractivity contribution in [1.82, 2.24) is 0 Å². The van der Waals surface area contributed by atoms with Gasteiger partial charge in [-0.1, -0.05) is 221 Å². The molecule has 11 heteroatoms. The summed E-state index contributed by atoms with van der Waals surface area (Å²) >= 11 is 0. The number of phosphoric acid groups is 1. The van der Waals surface area contributed by atoms with Crippen LogP contribution in [0.4, 0.5) is 0 Å². The second-order valence-corrected chi connectivity index (χ2v) is 19.8. The predicted molar refractivity (Wildman–Crippen MR) is 290 cm³/mol. The molecule has 0 aliphatic rings. The van der Waals surface area contributed by atoms with Gasteiger partial charge < -0.3 is 25.2 Å². The topological polar surface area (TPSA) is 155 Å². The molecule has 0 fully saturated rings. The van der Waals surface area contributed by atoms with Crippen molar-refractivity contribution in [3.05, 3.63) is 85.1 Å². The maximum atomic E-state index is 12.7. The van der Waals surface area contributed by atoms with Gasteiger partial charge in [0.1, 0.15) is 12.1 Å². The van der Waals surface area contributed by atoms with Crippen molar-refractivity contribution in [3.63, 3.8) is 0 Å². The number of ether oxygens (including phenoxy) is 2. The molecule has 4 N–H and O–H groups in total. The minimum Gasteiger partial charge on any atom is -0.480 e. The van der Waals surface area contributed by atoms with Crippen LogP contribution in [0.5, 0.6) is 0 Å². The average Bonchev–Trinajstić information content (AvgIpc) is 3.33. The fraction of sp³-hybridized carbons (Fsp3) is 0.724. The highest BCUT2D eigenvalue weighted by Gasteiger charge is 2.27. The van der Waals surface area contributed by atoms with Gasteiger partial charge in [-0.05, 0) is 89.9 Å². The highest BCUT2D eigenvalue weighted by Crippen LogP contribution is 2.43. The van der Waals surface area contributed by atoms with Crippen molar-refractivity contribution in [1.29, 1.82) is 0 Å². The normalized spacial score (nSPS) is 14.3. The van der Waals surface area contributed by atoms with Gasteiger partial charge in [0.2, 0.25) is 0 Å². The van der Waals surface area contributed by atoms with Crippen molar-refractivity contribution in [3.8, 4) is 0 Å². The van der Waals surface area contributed by atoms with E-state index in [0.717, 1.165) is 83.5 Å². The van der Waals surface area contributed by atoms with Gasteiger partial charge in [-0.3, -0.25) is 18.6 Å². The Bertz CT molecular complexity index is 1420. The quantitative estimate of drug-likeness (QED) is 0.0232. The zero-order valence-electron chi connectivity index (χ0n) is 43.9. The van der Waals surface area contributed by atoms with E-state index in [-0.39, 0.29) is 13.0 Å². The third kappa shape index (κ3) is 52.8. The number of phosphoric ester groups is 1. The van der Waals surface area contributed by atoms with E-state index in [0.29, 0.717) is 13.0 Å². The third-order valence-electron chi connectivity index (χ3n) is 11.7. The SMILES string of the molecule is CC/C=C\C/C=C\C/C=C\C/C=C\C/C=C\CCCCCCCCCC(=O)OC(COCCCCCCCCCCCCCC/C=C\C/C=C\CCCCCCC)COP(=O)(O)OCC(N)C(=O)O. The van der Waals surface area contributed by atoms with Crippen LogP contribution in [0.3, 0.4) is 0 Å². The maximum Gasteiger partial charge on any atom is 0.472 e. The van der Waals surface area contributed by atoms with Crippen LogP contribution in [0.25, 0.3) is 0 Å². The molecule has 0 aromatic carbocycles. The highest BCUT2D eigenvalue weighted by molar-refractivity contribution is 7.47. The van der Waals surface area contributed by atoms with E-state index in [9.17, 15) is 19.0 Å². The van der Waals surface area contributed by atoms with E-state index in [1.807, 2.05) is 0 Å². The molecule has 0 saturated heterocycles. The first-order valence-corrected chi connectivity index (χ1v) is 29.1. The molecule has 3 atom stereocenters.